The molecular formula is C8H9NO2S. The van der Waals surface area contributed by atoms with Gasteiger partial charge in [0.1, 0.15) is 0 Å². The van der Waals surface area contributed by atoms with E-state index in [9.17, 15) is 8.42 Å². The second-order valence-corrected chi connectivity index (χ2v) is 4.59. The molecule has 0 spiro atoms. The third-order valence-corrected chi connectivity index (χ3v) is 2.62. The highest BCUT2D eigenvalue weighted by Crippen LogP contribution is 2.12. The summed E-state index contributed by atoms with van der Waals surface area (Å²) in [7, 11) is -3.14. The number of nitrogens with two attached hydrogens (primary N) is 1. The molecule has 3 nitrogen and oxygen atoms in total. The fourth-order valence-electron chi connectivity index (χ4n) is 0.789. The van der Waals surface area contributed by atoms with Crippen LogP contribution in [0.25, 0.3) is 0 Å². The number of allylic oxidation sites excluding steroid dienone is 3. The summed E-state index contributed by atoms with van der Waals surface area (Å²) in [5.74, 6) is 5.33. The summed E-state index contributed by atoms with van der Waals surface area (Å²) in [5.41, 5.74) is 5.83. The Morgan fingerprint density at radius 1 is 1.58 bits per heavy atom. The summed E-state index contributed by atoms with van der Waals surface area (Å²) in [6, 6.07) is 0. The van der Waals surface area contributed by atoms with Crippen molar-refractivity contribution >= 4 is 9.84 Å². The molecule has 0 saturated carbocycles. The zero-order valence-corrected chi connectivity index (χ0v) is 7.48. The van der Waals surface area contributed by atoms with Crippen LogP contribution in [0.15, 0.2) is 22.8 Å². The summed E-state index contributed by atoms with van der Waals surface area (Å²) >= 11 is 0. The topological polar surface area (TPSA) is 60.2 Å². The molecule has 0 aromatic carbocycles. The van der Waals surface area contributed by atoms with E-state index in [1.165, 1.54) is 12.2 Å². The van der Waals surface area contributed by atoms with E-state index in [1.54, 1.807) is 0 Å². The van der Waals surface area contributed by atoms with E-state index in [1.807, 2.05) is 0 Å². The minimum absolute atomic E-state index is 0.246. The fraction of sp³-hybridized carbons (Fsp3) is 0.250. The van der Waals surface area contributed by atoms with Crippen molar-refractivity contribution in [1.29, 1.82) is 0 Å². The maximum absolute atomic E-state index is 11.1. The van der Waals surface area contributed by atoms with Crippen LogP contribution in [0.3, 0.4) is 0 Å². The van der Waals surface area contributed by atoms with Crippen LogP contribution >= 0.6 is 0 Å². The Kier molecular flexibility index (Phi) is 2.25. The summed E-state index contributed by atoms with van der Waals surface area (Å²) in [4.78, 5) is 0.279. The first-order valence-corrected chi connectivity index (χ1v) is 5.24. The maximum Gasteiger partial charge on any atom is 0.172 e. The molecule has 0 aromatic heterocycles. The predicted octanol–water partition coefficient (Wildman–Crippen LogP) is 0.165. The van der Waals surface area contributed by atoms with Gasteiger partial charge in [0.15, 0.2) is 9.84 Å². The van der Waals surface area contributed by atoms with Crippen LogP contribution in [-0.4, -0.2) is 14.7 Å². The van der Waals surface area contributed by atoms with Crippen molar-refractivity contribution in [3.8, 4) is 11.8 Å². The van der Waals surface area contributed by atoms with Gasteiger partial charge in [-0.15, -0.1) is 0 Å². The van der Waals surface area contributed by atoms with E-state index in [4.69, 9.17) is 5.73 Å². The van der Waals surface area contributed by atoms with Crippen molar-refractivity contribution in [3.63, 3.8) is 0 Å². The van der Waals surface area contributed by atoms with Gasteiger partial charge >= 0.3 is 0 Å². The zero-order valence-electron chi connectivity index (χ0n) is 6.66. The lowest BCUT2D eigenvalue weighted by molar-refractivity contribution is 0.607. The van der Waals surface area contributed by atoms with E-state index in [0.29, 0.717) is 5.70 Å². The van der Waals surface area contributed by atoms with Gasteiger partial charge in [0.25, 0.3) is 0 Å². The predicted molar refractivity (Wildman–Crippen MR) is 47.6 cm³/mol. The minimum atomic E-state index is -3.14. The lowest BCUT2D eigenvalue weighted by atomic mass is 10.3. The van der Waals surface area contributed by atoms with Gasteiger partial charge in [-0.3, -0.25) is 0 Å². The quantitative estimate of drug-likeness (QED) is 0.589. The number of hydrogen-bond donors (Lipinski definition) is 1. The second-order valence-electron chi connectivity index (χ2n) is 2.53. The van der Waals surface area contributed by atoms with Crippen molar-refractivity contribution in [3.05, 3.63) is 22.8 Å². The van der Waals surface area contributed by atoms with Gasteiger partial charge in [0, 0.05) is 24.4 Å². The average Bonchev–Trinajstić information content (AvgIpc) is 2.11. The monoisotopic (exact) mass is 183 g/mol. The first kappa shape index (κ1) is 8.88. The van der Waals surface area contributed by atoms with Crippen molar-refractivity contribution in [2.75, 3.05) is 6.26 Å². The standard InChI is InChI=1S/C8H9NO2S/c1-12(10,11)8-5-3-2-4-7(9)6-8/h4,6H,5,9H2,1H3. The molecule has 2 N–H and O–H groups in total. The molecule has 0 unspecified atom stereocenters. The SMILES string of the molecule is CS(=O)(=O)C1=CC(N)=CC#CC1. The molecule has 1 aliphatic carbocycles. The van der Waals surface area contributed by atoms with Crippen LogP contribution < -0.4 is 5.73 Å². The molecule has 64 valence electrons. The summed E-state index contributed by atoms with van der Waals surface area (Å²) in [5, 5.41) is 0. The normalized spacial score (nSPS) is 16.8. The zero-order chi connectivity index (χ0) is 9.19. The van der Waals surface area contributed by atoms with Gasteiger partial charge in [0.2, 0.25) is 0 Å². The molecule has 1 aliphatic rings. The van der Waals surface area contributed by atoms with Crippen molar-refractivity contribution in [1.82, 2.24) is 0 Å². The third-order valence-electron chi connectivity index (χ3n) is 1.41. The van der Waals surface area contributed by atoms with Gasteiger partial charge in [-0.25, -0.2) is 8.42 Å². The molecule has 0 atom stereocenters. The molecule has 0 saturated heterocycles. The van der Waals surface area contributed by atoms with E-state index in [0.717, 1.165) is 6.26 Å². The largest absolute Gasteiger partial charge is 0.398 e. The van der Waals surface area contributed by atoms with E-state index >= 15 is 0 Å². The summed E-state index contributed by atoms with van der Waals surface area (Å²) in [6.07, 6.45) is 4.33. The Bertz CT molecular complexity index is 404. The maximum atomic E-state index is 11.1. The van der Waals surface area contributed by atoms with Gasteiger partial charge in [-0.05, 0) is 6.08 Å². The first-order chi connectivity index (χ1) is 5.50. The van der Waals surface area contributed by atoms with Crippen LogP contribution in [0.4, 0.5) is 0 Å². The van der Waals surface area contributed by atoms with Crippen LogP contribution in [0.5, 0.6) is 0 Å². The third kappa shape index (κ3) is 2.14. The van der Waals surface area contributed by atoms with E-state index in [-0.39, 0.29) is 11.3 Å². The molecule has 0 fully saturated rings. The molecule has 4 heteroatoms. The molecule has 0 aromatic rings. The molecule has 12 heavy (non-hydrogen) atoms. The van der Waals surface area contributed by atoms with Gasteiger partial charge in [-0.2, -0.15) is 0 Å². The van der Waals surface area contributed by atoms with Crippen molar-refractivity contribution < 1.29 is 8.42 Å². The molecular weight excluding hydrogens is 174 g/mol. The van der Waals surface area contributed by atoms with E-state index < -0.39 is 9.84 Å². The van der Waals surface area contributed by atoms with Gasteiger partial charge in [0.05, 0.1) is 4.91 Å². The highest BCUT2D eigenvalue weighted by molar-refractivity contribution is 7.94. The Labute approximate surface area is 71.9 Å². The number of sulfone groups is 1. The van der Waals surface area contributed by atoms with Gasteiger partial charge in [-0.1, -0.05) is 11.8 Å². The minimum Gasteiger partial charge on any atom is -0.398 e. The molecule has 0 amide bonds. The van der Waals surface area contributed by atoms with Crippen LogP contribution in [0, 0.1) is 11.8 Å². The summed E-state index contributed by atoms with van der Waals surface area (Å²) in [6.45, 7) is 0. The van der Waals surface area contributed by atoms with Crippen molar-refractivity contribution in [2.24, 2.45) is 5.73 Å². The Hall–Kier alpha value is -1.21. The molecule has 1 rings (SSSR count). The van der Waals surface area contributed by atoms with Gasteiger partial charge < -0.3 is 5.73 Å². The summed E-state index contributed by atoms with van der Waals surface area (Å²) < 4.78 is 22.1. The second kappa shape index (κ2) is 3.03. The molecule has 0 radical (unpaired) electrons. The van der Waals surface area contributed by atoms with E-state index in [2.05, 4.69) is 11.8 Å². The molecule has 0 aliphatic heterocycles. The Morgan fingerprint density at radius 3 is 2.83 bits per heavy atom. The Morgan fingerprint density at radius 2 is 2.25 bits per heavy atom. The lowest BCUT2D eigenvalue weighted by Crippen LogP contribution is -2.02. The lowest BCUT2D eigenvalue weighted by Gasteiger charge is -1.98. The highest BCUT2D eigenvalue weighted by Gasteiger charge is 2.10. The fourth-order valence-corrected chi connectivity index (χ4v) is 1.47. The van der Waals surface area contributed by atoms with Crippen LogP contribution in [0.1, 0.15) is 6.42 Å². The average molecular weight is 183 g/mol. The Balaban J connectivity index is 3.13. The van der Waals surface area contributed by atoms with Crippen LogP contribution in [0.2, 0.25) is 0 Å². The smallest absolute Gasteiger partial charge is 0.172 e. The first-order valence-electron chi connectivity index (χ1n) is 3.35. The number of rotatable bonds is 1. The molecule has 0 bridgehead atoms. The molecule has 0 heterocycles. The number of hydrogen-bond acceptors (Lipinski definition) is 3. The highest BCUT2D eigenvalue weighted by atomic mass is 32.2. The van der Waals surface area contributed by atoms with Crippen LogP contribution in [-0.2, 0) is 9.84 Å². The van der Waals surface area contributed by atoms with Crippen molar-refractivity contribution in [2.45, 2.75) is 6.42 Å².